The van der Waals surface area contributed by atoms with Crippen molar-refractivity contribution < 1.29 is 27.6 Å². The zero-order valence-electron chi connectivity index (χ0n) is 15.4. The molecular weight excluding hydrogens is 332 g/mol. The third-order valence-electron chi connectivity index (χ3n) is 3.16. The smallest absolute Gasteiger partial charge is 0.459 e. The molecule has 0 bridgehead atoms. The Kier molecular flexibility index (Phi) is 14.4. The van der Waals surface area contributed by atoms with Crippen LogP contribution in [0.25, 0.3) is 0 Å². The van der Waals surface area contributed by atoms with E-state index < -0.39 is 14.8 Å². The van der Waals surface area contributed by atoms with Crippen LogP contribution in [0.5, 0.6) is 0 Å². The van der Waals surface area contributed by atoms with Gasteiger partial charge in [0, 0.05) is 26.9 Å². The topological polar surface area (TPSA) is 123 Å². The van der Waals surface area contributed by atoms with Gasteiger partial charge in [-0.2, -0.15) is 0 Å². The first-order chi connectivity index (χ1) is 11.2. The fourth-order valence-electron chi connectivity index (χ4n) is 1.86. The van der Waals surface area contributed by atoms with Crippen LogP contribution in [-0.4, -0.2) is 48.2 Å². The van der Waals surface area contributed by atoms with Gasteiger partial charge < -0.3 is 29.5 Å². The van der Waals surface area contributed by atoms with E-state index in [4.69, 9.17) is 22.8 Å². The van der Waals surface area contributed by atoms with Crippen molar-refractivity contribution in [2.45, 2.75) is 51.7 Å². The Bertz CT molecular complexity index is 376. The standard InChI is InChI=1S/C14H28O5Si.CH4N2O/c1-7-8-9-10-13(19-14(15)12(2)3)11-20(16-4,17-5)18-6;2-1(3)4/h13H,2,7-11H2,1,3-6H3;(H4,2,3,4). The van der Waals surface area contributed by atoms with Crippen molar-refractivity contribution >= 4 is 20.8 Å². The number of hydrogen-bond acceptors (Lipinski definition) is 6. The molecule has 0 fully saturated rings. The van der Waals surface area contributed by atoms with E-state index in [0.717, 1.165) is 25.7 Å². The maximum absolute atomic E-state index is 11.7. The van der Waals surface area contributed by atoms with Gasteiger partial charge >= 0.3 is 20.8 Å². The molecule has 2 amide bonds. The largest absolute Gasteiger partial charge is 0.503 e. The van der Waals surface area contributed by atoms with Gasteiger partial charge in [-0.15, -0.1) is 0 Å². The summed E-state index contributed by atoms with van der Waals surface area (Å²) < 4.78 is 21.7. The second kappa shape index (κ2) is 14.0. The van der Waals surface area contributed by atoms with E-state index in [2.05, 4.69) is 25.0 Å². The molecule has 142 valence electrons. The van der Waals surface area contributed by atoms with Crippen molar-refractivity contribution in [3.8, 4) is 0 Å². The number of hydrogen-bond donors (Lipinski definition) is 2. The average molecular weight is 365 g/mol. The summed E-state index contributed by atoms with van der Waals surface area (Å²) in [7, 11) is 1.93. The van der Waals surface area contributed by atoms with Gasteiger partial charge in [-0.3, -0.25) is 0 Å². The van der Waals surface area contributed by atoms with Crippen LogP contribution >= 0.6 is 0 Å². The molecule has 0 aromatic carbocycles. The first kappa shape index (κ1) is 24.8. The van der Waals surface area contributed by atoms with Gasteiger partial charge in [-0.1, -0.05) is 26.3 Å². The van der Waals surface area contributed by atoms with Crippen LogP contribution in [0.2, 0.25) is 6.04 Å². The first-order valence-electron chi connectivity index (χ1n) is 7.74. The van der Waals surface area contributed by atoms with Crippen molar-refractivity contribution in [1.82, 2.24) is 0 Å². The summed E-state index contributed by atoms with van der Waals surface area (Å²) in [5.74, 6) is -0.377. The Morgan fingerprint density at radius 1 is 1.08 bits per heavy atom. The molecule has 0 aliphatic heterocycles. The molecule has 0 aromatic rings. The molecule has 1 atom stereocenters. The van der Waals surface area contributed by atoms with E-state index in [-0.39, 0.29) is 12.1 Å². The van der Waals surface area contributed by atoms with Gasteiger partial charge in [-0.25, -0.2) is 9.59 Å². The zero-order valence-corrected chi connectivity index (χ0v) is 16.4. The maximum Gasteiger partial charge on any atom is 0.503 e. The number of unbranched alkanes of at least 4 members (excludes halogenated alkanes) is 2. The number of ether oxygens (including phenoxy) is 1. The molecule has 0 aliphatic carbocycles. The Morgan fingerprint density at radius 3 is 1.88 bits per heavy atom. The molecule has 1 unspecified atom stereocenters. The molecule has 0 spiro atoms. The van der Waals surface area contributed by atoms with Crippen LogP contribution in [0.1, 0.15) is 39.5 Å². The lowest BCUT2D eigenvalue weighted by Gasteiger charge is -2.28. The van der Waals surface area contributed by atoms with Crippen LogP contribution in [0, 0.1) is 0 Å². The van der Waals surface area contributed by atoms with Crippen molar-refractivity contribution in [3.05, 3.63) is 12.2 Å². The van der Waals surface area contributed by atoms with Gasteiger partial charge in [0.15, 0.2) is 0 Å². The van der Waals surface area contributed by atoms with Gasteiger partial charge in [0.25, 0.3) is 0 Å². The van der Waals surface area contributed by atoms with E-state index in [1.54, 1.807) is 28.3 Å². The lowest BCUT2D eigenvalue weighted by molar-refractivity contribution is -0.144. The molecule has 9 heteroatoms. The number of primary amides is 2. The van der Waals surface area contributed by atoms with E-state index in [1.807, 2.05) is 0 Å². The molecule has 0 rings (SSSR count). The van der Waals surface area contributed by atoms with Gasteiger partial charge in [0.05, 0.1) is 6.04 Å². The number of amides is 2. The minimum absolute atomic E-state index is 0.266. The molecule has 0 heterocycles. The summed E-state index contributed by atoms with van der Waals surface area (Å²) in [6, 6.07) is -0.376. The first-order valence-corrected chi connectivity index (χ1v) is 9.68. The summed E-state index contributed by atoms with van der Waals surface area (Å²) in [5, 5.41) is 0. The number of rotatable bonds is 11. The molecular formula is C15H32N2O6Si. The van der Waals surface area contributed by atoms with Crippen molar-refractivity contribution in [2.24, 2.45) is 11.5 Å². The number of esters is 1. The number of urea groups is 1. The Hall–Kier alpha value is -1.42. The number of carbonyl (C=O) groups excluding carboxylic acids is 2. The summed E-state index contributed by atoms with van der Waals surface area (Å²) in [4.78, 5) is 20.7. The molecule has 24 heavy (non-hydrogen) atoms. The van der Waals surface area contributed by atoms with E-state index in [1.165, 1.54) is 0 Å². The third-order valence-corrected chi connectivity index (χ3v) is 5.98. The molecule has 0 aliphatic rings. The molecule has 0 aromatic heterocycles. The van der Waals surface area contributed by atoms with E-state index >= 15 is 0 Å². The van der Waals surface area contributed by atoms with Gasteiger partial charge in [0.2, 0.25) is 0 Å². The highest BCUT2D eigenvalue weighted by Crippen LogP contribution is 2.22. The fraction of sp³-hybridized carbons (Fsp3) is 0.733. The summed E-state index contributed by atoms with van der Waals surface area (Å²) in [6.07, 6.45) is 3.71. The molecule has 0 saturated carbocycles. The van der Waals surface area contributed by atoms with Gasteiger partial charge in [-0.05, 0) is 19.8 Å². The second-order valence-corrected chi connectivity index (χ2v) is 8.20. The van der Waals surface area contributed by atoms with Crippen LogP contribution in [0.15, 0.2) is 12.2 Å². The lowest BCUT2D eigenvalue weighted by Crippen LogP contribution is -2.46. The molecule has 8 nitrogen and oxygen atoms in total. The zero-order chi connectivity index (χ0) is 19.2. The predicted molar refractivity (Wildman–Crippen MR) is 94.2 cm³/mol. The van der Waals surface area contributed by atoms with Gasteiger partial charge in [0.1, 0.15) is 6.10 Å². The molecule has 4 N–H and O–H groups in total. The van der Waals surface area contributed by atoms with E-state index in [9.17, 15) is 4.79 Å². The quantitative estimate of drug-likeness (QED) is 0.250. The monoisotopic (exact) mass is 364 g/mol. The molecule has 0 saturated heterocycles. The summed E-state index contributed by atoms with van der Waals surface area (Å²) in [6.45, 7) is 7.37. The second-order valence-electron chi connectivity index (χ2n) is 5.21. The van der Waals surface area contributed by atoms with Crippen molar-refractivity contribution in [2.75, 3.05) is 21.3 Å². The maximum atomic E-state index is 11.7. The Labute approximate surface area is 145 Å². The highest BCUT2D eigenvalue weighted by molar-refractivity contribution is 6.60. The Morgan fingerprint density at radius 2 is 1.54 bits per heavy atom. The predicted octanol–water partition coefficient (Wildman–Crippen LogP) is 1.96. The highest BCUT2D eigenvalue weighted by atomic mass is 28.4. The SMILES string of the molecule is C=C(C)C(=O)OC(CCCCC)C[Si](OC)(OC)OC.NC(N)=O. The summed E-state index contributed by atoms with van der Waals surface area (Å²) in [5.41, 5.74) is 8.89. The normalized spacial score (nSPS) is 11.9. The lowest BCUT2D eigenvalue weighted by atomic mass is 10.1. The fourth-order valence-corrected chi connectivity index (χ4v) is 3.70. The number of nitrogens with two attached hydrogens (primary N) is 2. The minimum Gasteiger partial charge on any atom is -0.459 e. The molecule has 0 radical (unpaired) electrons. The van der Waals surface area contributed by atoms with Crippen molar-refractivity contribution in [3.63, 3.8) is 0 Å². The van der Waals surface area contributed by atoms with Crippen LogP contribution < -0.4 is 11.5 Å². The number of carbonyl (C=O) groups is 2. The minimum atomic E-state index is -2.75. The summed E-state index contributed by atoms with van der Waals surface area (Å²) >= 11 is 0. The van der Waals surface area contributed by atoms with E-state index in [0.29, 0.717) is 11.6 Å². The van der Waals surface area contributed by atoms with Crippen LogP contribution in [0.4, 0.5) is 4.79 Å². The average Bonchev–Trinajstić information content (AvgIpc) is 2.52. The highest BCUT2D eigenvalue weighted by Gasteiger charge is 2.41. The van der Waals surface area contributed by atoms with Crippen molar-refractivity contribution in [1.29, 1.82) is 0 Å². The third kappa shape index (κ3) is 12.1. The van der Waals surface area contributed by atoms with Crippen LogP contribution in [0.3, 0.4) is 0 Å². The van der Waals surface area contributed by atoms with Crippen LogP contribution in [-0.2, 0) is 22.8 Å². The Balaban J connectivity index is 0.